The van der Waals surface area contributed by atoms with Gasteiger partial charge in [0.2, 0.25) is 11.8 Å². The maximum absolute atomic E-state index is 12.1. The van der Waals surface area contributed by atoms with Crippen LogP contribution in [0.3, 0.4) is 0 Å². The van der Waals surface area contributed by atoms with Gasteiger partial charge in [0.05, 0.1) is 24.0 Å². The van der Waals surface area contributed by atoms with Crippen LogP contribution in [-0.4, -0.2) is 34.0 Å². The highest BCUT2D eigenvalue weighted by atomic mass is 16.3. The third-order valence-electron chi connectivity index (χ3n) is 4.40. The lowest BCUT2D eigenvalue weighted by Crippen LogP contribution is -2.45. The van der Waals surface area contributed by atoms with Crippen LogP contribution in [0.2, 0.25) is 0 Å². The van der Waals surface area contributed by atoms with E-state index in [1.165, 1.54) is 4.90 Å². The Bertz CT molecular complexity index is 319. The molecule has 4 nitrogen and oxygen atoms in total. The molecule has 2 saturated carbocycles. The van der Waals surface area contributed by atoms with Crippen LogP contribution in [0.15, 0.2) is 0 Å². The van der Waals surface area contributed by atoms with Crippen molar-refractivity contribution in [2.45, 2.75) is 50.7 Å². The average Bonchev–Trinajstić information content (AvgIpc) is 2.90. The Hall–Kier alpha value is -0.900. The van der Waals surface area contributed by atoms with Gasteiger partial charge in [-0.05, 0) is 32.1 Å². The zero-order valence-electron chi connectivity index (χ0n) is 9.26. The first-order valence-corrected chi connectivity index (χ1v) is 6.25. The second-order valence-electron chi connectivity index (χ2n) is 5.26. The first-order chi connectivity index (χ1) is 7.70. The standard InChI is InChI=1S/C12H17NO3/c14-10-6-2-5-9(10)13-11(15)7-3-1-4-8(7)12(13)16/h7-10,14H,1-6H2/t7?,8?,9-,10-/m0/s1. The van der Waals surface area contributed by atoms with E-state index in [2.05, 4.69) is 0 Å². The number of hydrogen-bond acceptors (Lipinski definition) is 3. The van der Waals surface area contributed by atoms with Crippen molar-refractivity contribution in [1.29, 1.82) is 0 Å². The number of imide groups is 1. The predicted octanol–water partition coefficient (Wildman–Crippen LogP) is 0.685. The Morgan fingerprint density at radius 3 is 2.00 bits per heavy atom. The quantitative estimate of drug-likeness (QED) is 0.665. The summed E-state index contributed by atoms with van der Waals surface area (Å²) in [6.07, 6.45) is 4.62. The van der Waals surface area contributed by atoms with Crippen molar-refractivity contribution in [3.8, 4) is 0 Å². The zero-order valence-corrected chi connectivity index (χ0v) is 9.26. The monoisotopic (exact) mass is 223 g/mol. The number of carbonyl (C=O) groups is 2. The van der Waals surface area contributed by atoms with Crippen LogP contribution >= 0.6 is 0 Å². The summed E-state index contributed by atoms with van der Waals surface area (Å²) in [6, 6.07) is -0.231. The predicted molar refractivity (Wildman–Crippen MR) is 56.3 cm³/mol. The van der Waals surface area contributed by atoms with Crippen LogP contribution in [0.25, 0.3) is 0 Å². The molecule has 2 aliphatic carbocycles. The smallest absolute Gasteiger partial charge is 0.233 e. The molecule has 3 fully saturated rings. The molecule has 0 aromatic carbocycles. The number of hydrogen-bond donors (Lipinski definition) is 1. The van der Waals surface area contributed by atoms with Gasteiger partial charge in [0.1, 0.15) is 0 Å². The molecular weight excluding hydrogens is 206 g/mol. The second-order valence-corrected chi connectivity index (χ2v) is 5.26. The van der Waals surface area contributed by atoms with Crippen molar-refractivity contribution in [2.24, 2.45) is 11.8 Å². The van der Waals surface area contributed by atoms with Crippen molar-refractivity contribution in [2.75, 3.05) is 0 Å². The minimum absolute atomic E-state index is 0.0153. The molecule has 0 bridgehead atoms. The second kappa shape index (κ2) is 3.55. The van der Waals surface area contributed by atoms with E-state index in [1.54, 1.807) is 0 Å². The number of nitrogens with zero attached hydrogens (tertiary/aromatic N) is 1. The van der Waals surface area contributed by atoms with Gasteiger partial charge in [0.25, 0.3) is 0 Å². The van der Waals surface area contributed by atoms with Crippen molar-refractivity contribution in [1.82, 2.24) is 4.90 Å². The van der Waals surface area contributed by atoms with E-state index in [4.69, 9.17) is 0 Å². The van der Waals surface area contributed by atoms with Crippen molar-refractivity contribution in [3.63, 3.8) is 0 Å². The molecule has 16 heavy (non-hydrogen) atoms. The fraction of sp³-hybridized carbons (Fsp3) is 0.833. The molecule has 1 N–H and O–H groups in total. The van der Waals surface area contributed by atoms with Crippen molar-refractivity contribution >= 4 is 11.8 Å². The van der Waals surface area contributed by atoms with E-state index in [9.17, 15) is 14.7 Å². The van der Waals surface area contributed by atoms with Gasteiger partial charge in [-0.25, -0.2) is 0 Å². The SMILES string of the molecule is O=C1C2CCCC2C(=O)N1[C@H]1CCC[C@@H]1O. The van der Waals surface area contributed by atoms with E-state index in [0.29, 0.717) is 0 Å². The molecule has 1 aliphatic heterocycles. The lowest BCUT2D eigenvalue weighted by atomic mass is 10.00. The van der Waals surface area contributed by atoms with Crippen LogP contribution in [0.1, 0.15) is 38.5 Å². The minimum atomic E-state index is -0.494. The van der Waals surface area contributed by atoms with Crippen LogP contribution in [0.4, 0.5) is 0 Å². The normalized spacial score (nSPS) is 43.2. The van der Waals surface area contributed by atoms with Crippen molar-refractivity contribution < 1.29 is 14.7 Å². The Morgan fingerprint density at radius 2 is 1.50 bits per heavy atom. The van der Waals surface area contributed by atoms with E-state index in [1.807, 2.05) is 0 Å². The lowest BCUT2D eigenvalue weighted by Gasteiger charge is -2.25. The third-order valence-corrected chi connectivity index (χ3v) is 4.40. The highest BCUT2D eigenvalue weighted by Gasteiger charge is 2.53. The summed E-state index contributed by atoms with van der Waals surface area (Å²) in [6.45, 7) is 0. The average molecular weight is 223 g/mol. The molecule has 4 atom stereocenters. The number of rotatable bonds is 1. The summed E-state index contributed by atoms with van der Waals surface area (Å²) in [5.74, 6) is -0.169. The topological polar surface area (TPSA) is 57.6 Å². The largest absolute Gasteiger partial charge is 0.391 e. The molecule has 1 saturated heterocycles. The minimum Gasteiger partial charge on any atom is -0.391 e. The maximum atomic E-state index is 12.1. The van der Waals surface area contributed by atoms with E-state index < -0.39 is 6.10 Å². The van der Waals surface area contributed by atoms with Gasteiger partial charge in [-0.2, -0.15) is 0 Å². The molecule has 3 aliphatic rings. The lowest BCUT2D eigenvalue weighted by molar-refractivity contribution is -0.145. The molecule has 2 amide bonds. The Labute approximate surface area is 94.6 Å². The maximum Gasteiger partial charge on any atom is 0.233 e. The fourth-order valence-electron chi connectivity index (χ4n) is 3.57. The number of fused-ring (bicyclic) bond motifs is 1. The number of aliphatic hydroxyl groups is 1. The van der Waals surface area contributed by atoms with Gasteiger partial charge >= 0.3 is 0 Å². The summed E-state index contributed by atoms with van der Waals surface area (Å²) in [5.41, 5.74) is 0. The van der Waals surface area contributed by atoms with Crippen LogP contribution in [0, 0.1) is 11.8 Å². The number of aliphatic hydroxyl groups excluding tert-OH is 1. The van der Waals surface area contributed by atoms with Gasteiger partial charge in [0, 0.05) is 0 Å². The summed E-state index contributed by atoms with van der Waals surface area (Å²) in [7, 11) is 0. The van der Waals surface area contributed by atoms with Gasteiger partial charge in [0.15, 0.2) is 0 Å². The van der Waals surface area contributed by atoms with Crippen LogP contribution in [-0.2, 0) is 9.59 Å². The summed E-state index contributed by atoms with van der Waals surface area (Å²) >= 11 is 0. The van der Waals surface area contributed by atoms with Gasteiger partial charge < -0.3 is 5.11 Å². The summed E-state index contributed by atoms with van der Waals surface area (Å²) in [5, 5.41) is 9.80. The van der Waals surface area contributed by atoms with E-state index in [-0.39, 0.29) is 29.7 Å². The first kappa shape index (κ1) is 10.3. The van der Waals surface area contributed by atoms with E-state index in [0.717, 1.165) is 38.5 Å². The Morgan fingerprint density at radius 1 is 0.938 bits per heavy atom. The molecule has 0 radical (unpaired) electrons. The molecule has 1 heterocycles. The Balaban J connectivity index is 1.86. The molecule has 2 unspecified atom stereocenters. The molecule has 88 valence electrons. The van der Waals surface area contributed by atoms with Crippen molar-refractivity contribution in [3.05, 3.63) is 0 Å². The number of amides is 2. The molecule has 3 rings (SSSR count). The fourth-order valence-corrected chi connectivity index (χ4v) is 3.57. The zero-order chi connectivity index (χ0) is 11.3. The Kier molecular flexibility index (Phi) is 2.28. The summed E-state index contributed by atoms with van der Waals surface area (Å²) in [4.78, 5) is 25.6. The highest BCUT2D eigenvalue weighted by molar-refractivity contribution is 6.05. The van der Waals surface area contributed by atoms with Crippen LogP contribution < -0.4 is 0 Å². The molecule has 4 heteroatoms. The van der Waals surface area contributed by atoms with E-state index >= 15 is 0 Å². The molecular formula is C12H17NO3. The molecule has 0 spiro atoms. The molecule has 0 aromatic rings. The number of carbonyl (C=O) groups excluding carboxylic acids is 2. The van der Waals surface area contributed by atoms with Gasteiger partial charge in [-0.1, -0.05) is 6.42 Å². The van der Waals surface area contributed by atoms with Gasteiger partial charge in [-0.15, -0.1) is 0 Å². The van der Waals surface area contributed by atoms with Gasteiger partial charge in [-0.3, -0.25) is 14.5 Å². The van der Waals surface area contributed by atoms with Crippen LogP contribution in [0.5, 0.6) is 0 Å². The first-order valence-electron chi connectivity index (χ1n) is 6.25. The molecule has 0 aromatic heterocycles. The highest BCUT2D eigenvalue weighted by Crippen LogP contribution is 2.42. The number of likely N-dealkylation sites (tertiary alicyclic amines) is 1. The third kappa shape index (κ3) is 1.25. The summed E-state index contributed by atoms with van der Waals surface area (Å²) < 4.78 is 0.